The number of hydrogen-bond acceptors (Lipinski definition) is 5. The molecular weight excluding hydrogens is 276 g/mol. The molecule has 0 radical (unpaired) electrons. The van der Waals surface area contributed by atoms with Crippen molar-refractivity contribution in [2.24, 2.45) is 0 Å². The van der Waals surface area contributed by atoms with Gasteiger partial charge in [0, 0.05) is 24.1 Å². The minimum Gasteiger partial charge on any atom is -0.464 e. The molecule has 0 spiro atoms. The Hall–Kier alpha value is -1.69. The predicted molar refractivity (Wildman–Crippen MR) is 75.8 cm³/mol. The Labute approximate surface area is 121 Å². The Morgan fingerprint density at radius 3 is 2.95 bits per heavy atom. The molecule has 0 N–H and O–H groups in total. The molecule has 6 heteroatoms. The highest BCUT2D eigenvalue weighted by Crippen LogP contribution is 2.31. The van der Waals surface area contributed by atoms with E-state index >= 15 is 0 Å². The summed E-state index contributed by atoms with van der Waals surface area (Å²) in [5.41, 5.74) is 0.713. The van der Waals surface area contributed by atoms with Crippen LogP contribution in [0, 0.1) is 13.8 Å². The summed E-state index contributed by atoms with van der Waals surface area (Å²) in [6.07, 6.45) is 0. The van der Waals surface area contributed by atoms with Crippen LogP contribution in [0.25, 0.3) is 0 Å². The summed E-state index contributed by atoms with van der Waals surface area (Å²) in [5.74, 6) is 3.63. The fourth-order valence-corrected chi connectivity index (χ4v) is 3.38. The minimum atomic E-state index is -0.120. The fraction of sp³-hybridized carbons (Fsp3) is 0.429. The molecule has 1 unspecified atom stereocenters. The van der Waals surface area contributed by atoms with Crippen LogP contribution < -0.4 is 0 Å². The third-order valence-electron chi connectivity index (χ3n) is 3.32. The maximum atomic E-state index is 12.5. The predicted octanol–water partition coefficient (Wildman–Crippen LogP) is 2.81. The number of aryl methyl sites for hydroxylation is 2. The van der Waals surface area contributed by atoms with Crippen molar-refractivity contribution in [1.82, 2.24) is 10.1 Å². The van der Waals surface area contributed by atoms with E-state index < -0.39 is 0 Å². The molecule has 5 nitrogen and oxygen atoms in total. The SMILES string of the molecule is Cc1cc(C(=O)N2CCSCC2c2ccc(C)o2)on1. The van der Waals surface area contributed by atoms with E-state index in [2.05, 4.69) is 5.16 Å². The number of carbonyl (C=O) groups excluding carboxylic acids is 1. The largest absolute Gasteiger partial charge is 0.464 e. The number of thioether (sulfide) groups is 1. The van der Waals surface area contributed by atoms with Crippen molar-refractivity contribution in [2.45, 2.75) is 19.9 Å². The molecule has 1 aliphatic heterocycles. The van der Waals surface area contributed by atoms with Crippen molar-refractivity contribution in [1.29, 1.82) is 0 Å². The molecule has 0 saturated carbocycles. The van der Waals surface area contributed by atoms with E-state index in [1.165, 1.54) is 0 Å². The van der Waals surface area contributed by atoms with Crippen molar-refractivity contribution in [2.75, 3.05) is 18.1 Å². The van der Waals surface area contributed by atoms with E-state index in [0.717, 1.165) is 23.0 Å². The van der Waals surface area contributed by atoms with Crippen LogP contribution >= 0.6 is 11.8 Å². The molecule has 1 fully saturated rings. The van der Waals surface area contributed by atoms with Gasteiger partial charge in [-0.15, -0.1) is 0 Å². The maximum absolute atomic E-state index is 12.5. The number of aromatic nitrogens is 1. The molecule has 3 rings (SSSR count). The number of amides is 1. The van der Waals surface area contributed by atoms with Crippen molar-refractivity contribution in [3.63, 3.8) is 0 Å². The van der Waals surface area contributed by atoms with Gasteiger partial charge in [0.15, 0.2) is 0 Å². The summed E-state index contributed by atoms with van der Waals surface area (Å²) in [6.45, 7) is 4.40. The van der Waals surface area contributed by atoms with Crippen molar-refractivity contribution in [3.05, 3.63) is 41.2 Å². The van der Waals surface area contributed by atoms with Gasteiger partial charge in [-0.2, -0.15) is 11.8 Å². The third kappa shape index (κ3) is 2.47. The first-order chi connectivity index (χ1) is 9.65. The van der Waals surface area contributed by atoms with Crippen LogP contribution in [0.1, 0.15) is 33.8 Å². The third-order valence-corrected chi connectivity index (χ3v) is 4.34. The molecular formula is C14H16N2O3S. The fourth-order valence-electron chi connectivity index (χ4n) is 2.32. The lowest BCUT2D eigenvalue weighted by atomic mass is 10.2. The van der Waals surface area contributed by atoms with Gasteiger partial charge in [-0.1, -0.05) is 5.16 Å². The summed E-state index contributed by atoms with van der Waals surface area (Å²) in [6, 6.07) is 5.50. The van der Waals surface area contributed by atoms with Crippen LogP contribution in [0.3, 0.4) is 0 Å². The Bertz CT molecular complexity index is 619. The number of carbonyl (C=O) groups is 1. The quantitative estimate of drug-likeness (QED) is 0.852. The lowest BCUT2D eigenvalue weighted by Crippen LogP contribution is -2.40. The van der Waals surface area contributed by atoms with Crippen LogP contribution in [0.4, 0.5) is 0 Å². The molecule has 1 atom stereocenters. The van der Waals surface area contributed by atoms with E-state index in [4.69, 9.17) is 8.94 Å². The zero-order chi connectivity index (χ0) is 14.1. The molecule has 2 aromatic rings. The van der Waals surface area contributed by atoms with Crippen LogP contribution in [-0.4, -0.2) is 34.0 Å². The smallest absolute Gasteiger partial charge is 0.293 e. The van der Waals surface area contributed by atoms with Crippen molar-refractivity contribution in [3.8, 4) is 0 Å². The molecule has 1 amide bonds. The number of nitrogens with zero attached hydrogens (tertiary/aromatic N) is 2. The summed E-state index contributed by atoms with van der Waals surface area (Å²) in [4.78, 5) is 14.4. The van der Waals surface area contributed by atoms with E-state index in [1.807, 2.05) is 35.7 Å². The molecule has 20 heavy (non-hydrogen) atoms. The number of furan rings is 1. The summed E-state index contributed by atoms with van der Waals surface area (Å²) in [5, 5.41) is 3.78. The zero-order valence-corrected chi connectivity index (χ0v) is 12.3. The lowest BCUT2D eigenvalue weighted by molar-refractivity contribution is 0.0638. The standard InChI is InChI=1S/C14H16N2O3S/c1-9-7-13(19-15-9)14(17)16-5-6-20-8-11(16)12-4-3-10(2)18-12/h3-4,7,11H,5-6,8H2,1-2H3. The van der Waals surface area contributed by atoms with Crippen LogP contribution in [-0.2, 0) is 0 Å². The van der Waals surface area contributed by atoms with Gasteiger partial charge in [0.25, 0.3) is 5.91 Å². The van der Waals surface area contributed by atoms with Crippen molar-refractivity contribution >= 4 is 17.7 Å². The molecule has 106 valence electrons. The molecule has 1 saturated heterocycles. The van der Waals surface area contributed by atoms with Crippen LogP contribution in [0.15, 0.2) is 27.1 Å². The number of hydrogen-bond donors (Lipinski definition) is 0. The average Bonchev–Trinajstić information content (AvgIpc) is 3.07. The Morgan fingerprint density at radius 2 is 2.30 bits per heavy atom. The van der Waals surface area contributed by atoms with E-state index in [9.17, 15) is 4.79 Å². The first kappa shape index (κ1) is 13.3. The maximum Gasteiger partial charge on any atom is 0.293 e. The second-order valence-corrected chi connectivity index (χ2v) is 6.02. The van der Waals surface area contributed by atoms with Gasteiger partial charge in [-0.05, 0) is 26.0 Å². The van der Waals surface area contributed by atoms with Crippen LogP contribution in [0.2, 0.25) is 0 Å². The number of rotatable bonds is 2. The Balaban J connectivity index is 1.87. The second kappa shape index (κ2) is 5.36. The zero-order valence-electron chi connectivity index (χ0n) is 11.5. The highest BCUT2D eigenvalue weighted by atomic mass is 32.2. The van der Waals surface area contributed by atoms with E-state index in [0.29, 0.717) is 18.0 Å². The topological polar surface area (TPSA) is 59.5 Å². The first-order valence-corrected chi connectivity index (χ1v) is 7.69. The molecule has 0 aliphatic carbocycles. The van der Waals surface area contributed by atoms with Crippen LogP contribution in [0.5, 0.6) is 0 Å². The summed E-state index contributed by atoms with van der Waals surface area (Å²) >= 11 is 1.83. The molecule has 3 heterocycles. The molecule has 0 bridgehead atoms. The first-order valence-electron chi connectivity index (χ1n) is 6.53. The normalized spacial score (nSPS) is 19.3. The monoisotopic (exact) mass is 292 g/mol. The van der Waals surface area contributed by atoms with Gasteiger partial charge in [0.1, 0.15) is 11.5 Å². The van der Waals surface area contributed by atoms with Gasteiger partial charge >= 0.3 is 0 Å². The van der Waals surface area contributed by atoms with Gasteiger partial charge in [-0.3, -0.25) is 4.79 Å². The van der Waals surface area contributed by atoms with E-state index in [1.54, 1.807) is 13.0 Å². The lowest BCUT2D eigenvalue weighted by Gasteiger charge is -2.33. The highest BCUT2D eigenvalue weighted by Gasteiger charge is 2.32. The molecule has 1 aliphatic rings. The Morgan fingerprint density at radius 1 is 1.45 bits per heavy atom. The van der Waals surface area contributed by atoms with Gasteiger partial charge in [0.05, 0.1) is 11.7 Å². The van der Waals surface area contributed by atoms with E-state index in [-0.39, 0.29) is 11.9 Å². The summed E-state index contributed by atoms with van der Waals surface area (Å²) in [7, 11) is 0. The van der Waals surface area contributed by atoms with Gasteiger partial charge < -0.3 is 13.8 Å². The van der Waals surface area contributed by atoms with Crippen molar-refractivity contribution < 1.29 is 13.7 Å². The summed E-state index contributed by atoms with van der Waals surface area (Å²) < 4.78 is 10.8. The van der Waals surface area contributed by atoms with Gasteiger partial charge in [0.2, 0.25) is 5.76 Å². The molecule has 2 aromatic heterocycles. The highest BCUT2D eigenvalue weighted by molar-refractivity contribution is 7.99. The minimum absolute atomic E-state index is 0.0413. The van der Waals surface area contributed by atoms with Gasteiger partial charge in [-0.25, -0.2) is 0 Å². The Kier molecular flexibility index (Phi) is 3.56. The second-order valence-electron chi connectivity index (χ2n) is 4.87. The average molecular weight is 292 g/mol. The molecule has 0 aromatic carbocycles.